The fraction of sp³-hybridized carbons (Fsp3) is 0.375. The molecule has 0 aromatic heterocycles. The number of halogens is 3. The molecule has 1 saturated heterocycles. The molecule has 4 rings (SSSR count). The van der Waals surface area contributed by atoms with E-state index < -0.39 is 48.8 Å². The van der Waals surface area contributed by atoms with Gasteiger partial charge in [-0.3, -0.25) is 4.79 Å². The number of amides is 2. The van der Waals surface area contributed by atoms with Crippen molar-refractivity contribution in [2.45, 2.75) is 43.1 Å². The molecule has 11 heteroatoms. The molecule has 1 aliphatic carbocycles. The van der Waals surface area contributed by atoms with E-state index in [4.69, 9.17) is 14.6 Å². The molecule has 0 spiro atoms. The van der Waals surface area contributed by atoms with E-state index in [0.717, 1.165) is 22.3 Å². The van der Waals surface area contributed by atoms with Gasteiger partial charge in [0.05, 0.1) is 12.5 Å². The molecule has 186 valence electrons. The van der Waals surface area contributed by atoms with E-state index >= 15 is 0 Å². The Morgan fingerprint density at radius 3 is 2.23 bits per heavy atom. The lowest BCUT2D eigenvalue weighted by atomic mass is 9.98. The molecular weight excluding hydrogens is 469 g/mol. The number of alkyl halides is 3. The Morgan fingerprint density at radius 2 is 1.66 bits per heavy atom. The third-order valence-corrected chi connectivity index (χ3v) is 6.10. The fourth-order valence-corrected chi connectivity index (χ4v) is 4.46. The van der Waals surface area contributed by atoms with E-state index in [1.165, 1.54) is 0 Å². The summed E-state index contributed by atoms with van der Waals surface area (Å²) in [5.74, 6) is -2.72. The lowest BCUT2D eigenvalue weighted by molar-refractivity contribution is -0.161. The first-order valence-corrected chi connectivity index (χ1v) is 11.0. The summed E-state index contributed by atoms with van der Waals surface area (Å²) in [5.41, 5.74) is 3.75. The van der Waals surface area contributed by atoms with Crippen LogP contribution in [0.4, 0.5) is 18.0 Å². The Labute approximate surface area is 198 Å². The molecule has 0 radical (unpaired) electrons. The number of carboxylic acids is 1. The zero-order valence-electron chi connectivity index (χ0n) is 18.4. The van der Waals surface area contributed by atoms with Gasteiger partial charge in [-0.1, -0.05) is 48.5 Å². The zero-order valence-corrected chi connectivity index (χ0v) is 18.4. The maximum Gasteiger partial charge on any atom is 0.409 e. The molecular formula is C24H23F3N2O6. The van der Waals surface area contributed by atoms with Crippen molar-refractivity contribution >= 4 is 18.0 Å². The quantitative estimate of drug-likeness (QED) is 0.547. The average Bonchev–Trinajstić information content (AvgIpc) is 3.39. The molecule has 3 unspecified atom stereocenters. The van der Waals surface area contributed by atoms with Gasteiger partial charge in [0, 0.05) is 12.5 Å². The number of ether oxygens (including phenoxy) is 2. The number of hydrogen-bond donors (Lipinski definition) is 3. The lowest BCUT2D eigenvalue weighted by Gasteiger charge is -2.23. The van der Waals surface area contributed by atoms with Crippen molar-refractivity contribution in [2.24, 2.45) is 0 Å². The number of rotatable bonds is 7. The first-order valence-electron chi connectivity index (χ1n) is 11.0. The predicted molar refractivity (Wildman–Crippen MR) is 117 cm³/mol. The highest BCUT2D eigenvalue weighted by molar-refractivity contribution is 5.81. The molecule has 0 bridgehead atoms. The topological polar surface area (TPSA) is 114 Å². The van der Waals surface area contributed by atoms with Crippen LogP contribution in [0.1, 0.15) is 29.9 Å². The molecule has 35 heavy (non-hydrogen) atoms. The Kier molecular flexibility index (Phi) is 6.97. The van der Waals surface area contributed by atoms with Crippen LogP contribution in [0, 0.1) is 0 Å². The summed E-state index contributed by atoms with van der Waals surface area (Å²) < 4.78 is 50.7. The van der Waals surface area contributed by atoms with Gasteiger partial charge >= 0.3 is 18.2 Å². The van der Waals surface area contributed by atoms with Gasteiger partial charge in [-0.15, -0.1) is 0 Å². The predicted octanol–water partition coefficient (Wildman–Crippen LogP) is 3.20. The van der Waals surface area contributed by atoms with Crippen LogP contribution in [0.2, 0.25) is 0 Å². The van der Waals surface area contributed by atoms with E-state index in [1.807, 2.05) is 48.5 Å². The van der Waals surface area contributed by atoms with Gasteiger partial charge in [0.1, 0.15) is 12.6 Å². The van der Waals surface area contributed by atoms with Crippen LogP contribution in [0.15, 0.2) is 48.5 Å². The number of carboxylic acid groups (broad SMARTS) is 1. The molecule has 8 nitrogen and oxygen atoms in total. The first-order chi connectivity index (χ1) is 16.6. The molecule has 2 amide bonds. The minimum Gasteiger partial charge on any atom is -0.479 e. The number of alkyl carbamates (subject to hydrolysis) is 1. The van der Waals surface area contributed by atoms with E-state index in [1.54, 1.807) is 5.32 Å². The van der Waals surface area contributed by atoms with Gasteiger partial charge < -0.3 is 25.2 Å². The van der Waals surface area contributed by atoms with Crippen molar-refractivity contribution in [3.63, 3.8) is 0 Å². The Hall–Kier alpha value is -3.60. The van der Waals surface area contributed by atoms with Crippen LogP contribution in [-0.4, -0.2) is 60.7 Å². The van der Waals surface area contributed by atoms with E-state index in [9.17, 15) is 27.6 Å². The van der Waals surface area contributed by atoms with Crippen LogP contribution in [0.25, 0.3) is 11.1 Å². The summed E-state index contributed by atoms with van der Waals surface area (Å²) >= 11 is 0. The van der Waals surface area contributed by atoms with Crippen LogP contribution < -0.4 is 10.6 Å². The SMILES string of the molecule is O=C(CC(NC(=O)OCC1c2ccccc2-c2ccccc21)C(F)(F)F)NC1CCOC1C(=O)O. The van der Waals surface area contributed by atoms with Crippen molar-refractivity contribution in [1.82, 2.24) is 10.6 Å². The summed E-state index contributed by atoms with van der Waals surface area (Å²) in [7, 11) is 0. The third-order valence-electron chi connectivity index (χ3n) is 6.10. The normalized spacial score (nSPS) is 20.0. The minimum atomic E-state index is -4.93. The monoisotopic (exact) mass is 492 g/mol. The highest BCUT2D eigenvalue weighted by atomic mass is 19.4. The Balaban J connectivity index is 1.37. The standard InChI is InChI=1S/C24H23F3N2O6/c25-24(26,27)19(11-20(30)28-18-9-10-34-21(18)22(31)32)29-23(33)35-12-17-15-7-3-1-5-13(15)14-6-2-4-8-16(14)17/h1-8,17-19,21H,9-12H2,(H,28,30)(H,29,33)(H,31,32). The highest BCUT2D eigenvalue weighted by Gasteiger charge is 2.43. The Morgan fingerprint density at radius 1 is 1.06 bits per heavy atom. The van der Waals surface area contributed by atoms with Gasteiger partial charge in [0.2, 0.25) is 5.91 Å². The molecule has 2 aliphatic rings. The van der Waals surface area contributed by atoms with Crippen LogP contribution >= 0.6 is 0 Å². The molecule has 2 aromatic rings. The van der Waals surface area contributed by atoms with Crippen molar-refractivity contribution in [1.29, 1.82) is 0 Å². The van der Waals surface area contributed by atoms with E-state index in [-0.39, 0.29) is 25.6 Å². The number of aliphatic carboxylic acids is 1. The van der Waals surface area contributed by atoms with Gasteiger partial charge in [-0.05, 0) is 28.7 Å². The maximum atomic E-state index is 13.5. The summed E-state index contributed by atoms with van der Waals surface area (Å²) in [6, 6.07) is 11.6. The van der Waals surface area contributed by atoms with Crippen LogP contribution in [0.5, 0.6) is 0 Å². The highest BCUT2D eigenvalue weighted by Crippen LogP contribution is 2.44. The van der Waals surface area contributed by atoms with Gasteiger partial charge in [0.15, 0.2) is 6.10 Å². The number of nitrogens with one attached hydrogen (secondary N) is 2. The zero-order chi connectivity index (χ0) is 25.2. The van der Waals surface area contributed by atoms with Gasteiger partial charge in [0.25, 0.3) is 0 Å². The summed E-state index contributed by atoms with van der Waals surface area (Å²) in [4.78, 5) is 35.6. The van der Waals surface area contributed by atoms with Crippen LogP contribution in [0.3, 0.4) is 0 Å². The fourth-order valence-electron chi connectivity index (χ4n) is 4.46. The maximum absolute atomic E-state index is 13.5. The smallest absolute Gasteiger partial charge is 0.409 e. The number of carbonyl (C=O) groups is 3. The number of benzene rings is 2. The van der Waals surface area contributed by atoms with Crippen molar-refractivity contribution in [3.8, 4) is 11.1 Å². The first kappa shape index (κ1) is 24.5. The number of fused-ring (bicyclic) bond motifs is 3. The van der Waals surface area contributed by atoms with Gasteiger partial charge in [-0.25, -0.2) is 9.59 Å². The average molecular weight is 492 g/mol. The van der Waals surface area contributed by atoms with Crippen molar-refractivity contribution < 1.29 is 42.1 Å². The number of hydrogen-bond acceptors (Lipinski definition) is 5. The van der Waals surface area contributed by atoms with Gasteiger partial charge in [-0.2, -0.15) is 13.2 Å². The van der Waals surface area contributed by atoms with E-state index in [2.05, 4.69) is 5.32 Å². The molecule has 3 N–H and O–H groups in total. The molecule has 1 heterocycles. The molecule has 2 aromatic carbocycles. The molecule has 1 aliphatic heterocycles. The summed E-state index contributed by atoms with van der Waals surface area (Å²) in [5, 5.41) is 13.0. The minimum absolute atomic E-state index is 0.0581. The second-order valence-electron chi connectivity index (χ2n) is 8.36. The number of carbonyl (C=O) groups excluding carboxylic acids is 2. The lowest BCUT2D eigenvalue weighted by Crippen LogP contribution is -2.51. The molecule has 0 saturated carbocycles. The van der Waals surface area contributed by atoms with Crippen LogP contribution in [-0.2, 0) is 19.1 Å². The Bertz CT molecular complexity index is 1080. The largest absolute Gasteiger partial charge is 0.479 e. The summed E-state index contributed by atoms with van der Waals surface area (Å²) in [6.07, 6.45) is -8.55. The molecule has 1 fully saturated rings. The van der Waals surface area contributed by atoms with Crippen molar-refractivity contribution in [3.05, 3.63) is 59.7 Å². The summed E-state index contributed by atoms with van der Waals surface area (Å²) in [6.45, 7) is -0.126. The van der Waals surface area contributed by atoms with E-state index in [0.29, 0.717) is 0 Å². The van der Waals surface area contributed by atoms with Crippen molar-refractivity contribution in [2.75, 3.05) is 13.2 Å². The second kappa shape index (κ2) is 9.95. The second-order valence-corrected chi connectivity index (χ2v) is 8.36. The third kappa shape index (κ3) is 5.40. The molecule has 3 atom stereocenters.